The van der Waals surface area contributed by atoms with Crippen molar-refractivity contribution in [3.05, 3.63) is 72.3 Å². The molecule has 0 unspecified atom stereocenters. The number of nitrogens with one attached hydrogen (secondary N) is 3. The first-order chi connectivity index (χ1) is 14.4. The van der Waals surface area contributed by atoms with Crippen molar-refractivity contribution in [2.24, 2.45) is 0 Å². The third-order valence-corrected chi connectivity index (χ3v) is 4.38. The molecule has 1 aliphatic rings. The highest BCUT2D eigenvalue weighted by molar-refractivity contribution is 5.91. The normalized spacial score (nSPS) is 20.4. The Morgan fingerprint density at radius 3 is 2.53 bits per heavy atom. The van der Waals surface area contributed by atoms with Crippen LogP contribution >= 0.6 is 0 Å². The number of hydrogen-bond donors (Lipinski definition) is 4. The Kier molecular flexibility index (Phi) is 7.10. The summed E-state index contributed by atoms with van der Waals surface area (Å²) in [5.41, 5.74) is 0.339. The number of carbonyl (C=O) groups is 2. The smallest absolute Gasteiger partial charge is 0.319 e. The van der Waals surface area contributed by atoms with Gasteiger partial charge in [0.15, 0.2) is 0 Å². The molecule has 0 aromatic heterocycles. The molecule has 7 nitrogen and oxygen atoms in total. The number of amides is 3. The van der Waals surface area contributed by atoms with Crippen LogP contribution in [0.4, 0.5) is 25.0 Å². The molecule has 9 heteroatoms. The average molecular weight is 417 g/mol. The number of benzene rings is 2. The van der Waals surface area contributed by atoms with Gasteiger partial charge in [0.1, 0.15) is 17.7 Å². The molecule has 3 rings (SSSR count). The number of ether oxygens (including phenoxy) is 1. The molecule has 3 amide bonds. The predicted octanol–water partition coefficient (Wildman–Crippen LogP) is 2.80. The number of anilines is 2. The van der Waals surface area contributed by atoms with Gasteiger partial charge in [-0.05, 0) is 24.3 Å². The fourth-order valence-corrected chi connectivity index (χ4v) is 2.96. The van der Waals surface area contributed by atoms with Crippen LogP contribution in [0.3, 0.4) is 0 Å². The van der Waals surface area contributed by atoms with Gasteiger partial charge in [-0.15, -0.1) is 0 Å². The van der Waals surface area contributed by atoms with Crippen LogP contribution in [0.5, 0.6) is 0 Å². The van der Waals surface area contributed by atoms with E-state index in [9.17, 15) is 23.5 Å². The summed E-state index contributed by atoms with van der Waals surface area (Å²) in [5, 5.41) is 17.1. The van der Waals surface area contributed by atoms with E-state index in [-0.39, 0.29) is 18.0 Å². The first-order valence-electron chi connectivity index (χ1n) is 9.26. The van der Waals surface area contributed by atoms with E-state index in [1.165, 1.54) is 0 Å². The maximum atomic E-state index is 13.7. The molecule has 1 aliphatic heterocycles. The third kappa shape index (κ3) is 5.85. The zero-order valence-electron chi connectivity index (χ0n) is 15.8. The fourth-order valence-electron chi connectivity index (χ4n) is 2.96. The summed E-state index contributed by atoms with van der Waals surface area (Å²) < 4.78 is 32.6. The van der Waals surface area contributed by atoms with E-state index in [1.54, 1.807) is 36.4 Å². The average Bonchev–Trinajstić information content (AvgIpc) is 2.72. The maximum absolute atomic E-state index is 13.7. The Labute approximate surface area is 171 Å². The monoisotopic (exact) mass is 417 g/mol. The molecule has 4 N–H and O–H groups in total. The van der Waals surface area contributed by atoms with Gasteiger partial charge in [0.2, 0.25) is 5.91 Å². The minimum absolute atomic E-state index is 0.0231. The van der Waals surface area contributed by atoms with E-state index in [2.05, 4.69) is 16.0 Å². The maximum Gasteiger partial charge on any atom is 0.319 e. The van der Waals surface area contributed by atoms with Crippen LogP contribution in [0.1, 0.15) is 6.42 Å². The standard InChI is InChI=1S/C21H21F2N3O4/c22-13-6-8-16(23)18(10-13)26-21(29)25-17-9-7-15(30-19(17)12-27)11-20(28)24-14-4-2-1-3-5-14/h1-10,15,17,19,27H,11-12H2,(H,24,28)(H2,25,26,29)/t15-,17+,19-/m0/s1. The molecule has 2 aromatic carbocycles. The summed E-state index contributed by atoms with van der Waals surface area (Å²) in [7, 11) is 0. The lowest BCUT2D eigenvalue weighted by Crippen LogP contribution is -2.50. The topological polar surface area (TPSA) is 99.7 Å². The number of hydrogen-bond acceptors (Lipinski definition) is 4. The lowest BCUT2D eigenvalue weighted by atomic mass is 10.0. The molecule has 0 spiro atoms. The van der Waals surface area contributed by atoms with Gasteiger partial charge in [0, 0.05) is 11.8 Å². The van der Waals surface area contributed by atoms with Crippen molar-refractivity contribution in [2.45, 2.75) is 24.7 Å². The van der Waals surface area contributed by atoms with Gasteiger partial charge in [-0.1, -0.05) is 30.4 Å². The second kappa shape index (κ2) is 9.95. The largest absolute Gasteiger partial charge is 0.394 e. The van der Waals surface area contributed by atoms with Crippen LogP contribution in [-0.4, -0.2) is 41.9 Å². The fraction of sp³-hybridized carbons (Fsp3) is 0.238. The first kappa shape index (κ1) is 21.4. The lowest BCUT2D eigenvalue weighted by molar-refractivity contribution is -0.120. The Balaban J connectivity index is 1.56. The van der Waals surface area contributed by atoms with E-state index in [0.29, 0.717) is 5.69 Å². The SMILES string of the molecule is O=C(C[C@@H]1C=C[C@@H](NC(=O)Nc2cc(F)ccc2F)[C@H](CO)O1)Nc1ccccc1. The number of rotatable bonds is 6. The van der Waals surface area contributed by atoms with Gasteiger partial charge in [-0.2, -0.15) is 0 Å². The van der Waals surface area contributed by atoms with Crippen molar-refractivity contribution in [1.29, 1.82) is 0 Å². The zero-order valence-corrected chi connectivity index (χ0v) is 15.8. The molecule has 0 bridgehead atoms. The number of para-hydroxylation sites is 1. The van der Waals surface area contributed by atoms with Crippen LogP contribution in [0.25, 0.3) is 0 Å². The molecular weight excluding hydrogens is 396 g/mol. The number of aliphatic hydroxyl groups excluding tert-OH is 1. The molecule has 158 valence electrons. The minimum atomic E-state index is -0.812. The van der Waals surface area contributed by atoms with Gasteiger partial charge in [-0.3, -0.25) is 4.79 Å². The summed E-state index contributed by atoms with van der Waals surface area (Å²) in [5.74, 6) is -1.75. The summed E-state index contributed by atoms with van der Waals surface area (Å²) in [6, 6.07) is 10.1. The molecule has 0 aliphatic carbocycles. The minimum Gasteiger partial charge on any atom is -0.394 e. The van der Waals surface area contributed by atoms with Crippen LogP contribution in [-0.2, 0) is 9.53 Å². The Morgan fingerprint density at radius 1 is 1.03 bits per heavy atom. The zero-order chi connectivity index (χ0) is 21.5. The molecular formula is C21H21F2N3O4. The number of halogens is 2. The molecule has 0 saturated heterocycles. The number of carbonyl (C=O) groups excluding carboxylic acids is 2. The van der Waals surface area contributed by atoms with Crippen molar-refractivity contribution >= 4 is 23.3 Å². The van der Waals surface area contributed by atoms with E-state index in [0.717, 1.165) is 18.2 Å². The quantitative estimate of drug-likeness (QED) is 0.543. The van der Waals surface area contributed by atoms with Crippen molar-refractivity contribution < 1.29 is 28.2 Å². The Morgan fingerprint density at radius 2 is 1.80 bits per heavy atom. The summed E-state index contributed by atoms with van der Waals surface area (Å²) >= 11 is 0. The second-order valence-electron chi connectivity index (χ2n) is 6.65. The Hall–Kier alpha value is -3.30. The van der Waals surface area contributed by atoms with Crippen LogP contribution in [0.2, 0.25) is 0 Å². The number of aliphatic hydroxyl groups is 1. The van der Waals surface area contributed by atoms with E-state index < -0.39 is 42.5 Å². The van der Waals surface area contributed by atoms with E-state index >= 15 is 0 Å². The van der Waals surface area contributed by atoms with Crippen LogP contribution < -0.4 is 16.0 Å². The van der Waals surface area contributed by atoms with Gasteiger partial charge < -0.3 is 25.8 Å². The molecule has 0 radical (unpaired) electrons. The molecule has 2 aromatic rings. The van der Waals surface area contributed by atoms with E-state index in [4.69, 9.17) is 4.74 Å². The summed E-state index contributed by atoms with van der Waals surface area (Å²) in [6.45, 7) is -0.416. The highest BCUT2D eigenvalue weighted by atomic mass is 19.1. The van der Waals surface area contributed by atoms with Crippen molar-refractivity contribution in [3.8, 4) is 0 Å². The molecule has 0 fully saturated rings. The van der Waals surface area contributed by atoms with Crippen molar-refractivity contribution in [2.75, 3.05) is 17.2 Å². The van der Waals surface area contributed by atoms with Gasteiger partial charge in [0.05, 0.1) is 30.9 Å². The lowest BCUT2D eigenvalue weighted by Gasteiger charge is -2.31. The molecule has 0 saturated carbocycles. The van der Waals surface area contributed by atoms with Crippen LogP contribution in [0, 0.1) is 11.6 Å². The molecule has 1 heterocycles. The van der Waals surface area contributed by atoms with Gasteiger partial charge >= 0.3 is 6.03 Å². The Bertz CT molecular complexity index is 924. The predicted molar refractivity (Wildman–Crippen MR) is 107 cm³/mol. The summed E-state index contributed by atoms with van der Waals surface area (Å²) in [4.78, 5) is 24.3. The van der Waals surface area contributed by atoms with Crippen LogP contribution in [0.15, 0.2) is 60.7 Å². The number of urea groups is 1. The molecule has 3 atom stereocenters. The van der Waals surface area contributed by atoms with Gasteiger partial charge in [-0.25, -0.2) is 13.6 Å². The molecule has 30 heavy (non-hydrogen) atoms. The first-order valence-corrected chi connectivity index (χ1v) is 9.26. The van der Waals surface area contributed by atoms with E-state index in [1.807, 2.05) is 6.07 Å². The third-order valence-electron chi connectivity index (χ3n) is 4.38. The summed E-state index contributed by atoms with van der Waals surface area (Å²) in [6.07, 6.45) is 1.81. The highest BCUT2D eigenvalue weighted by Gasteiger charge is 2.29. The highest BCUT2D eigenvalue weighted by Crippen LogP contribution is 2.18. The van der Waals surface area contributed by atoms with Gasteiger partial charge in [0.25, 0.3) is 0 Å². The van der Waals surface area contributed by atoms with Crippen molar-refractivity contribution in [1.82, 2.24) is 5.32 Å². The van der Waals surface area contributed by atoms with Crippen molar-refractivity contribution in [3.63, 3.8) is 0 Å². The second-order valence-corrected chi connectivity index (χ2v) is 6.65.